The molecule has 2 fully saturated rings. The van der Waals surface area contributed by atoms with Crippen molar-refractivity contribution in [1.29, 1.82) is 5.41 Å². The third-order valence-corrected chi connectivity index (χ3v) is 9.66. The number of hydrogen-bond acceptors (Lipinski definition) is 11. The van der Waals surface area contributed by atoms with E-state index >= 15 is 0 Å². The molecule has 1 saturated carbocycles. The molecule has 0 aromatic heterocycles. The van der Waals surface area contributed by atoms with Gasteiger partial charge in [0.1, 0.15) is 22.8 Å². The quantitative estimate of drug-likeness (QED) is 0.131. The van der Waals surface area contributed by atoms with Crippen LogP contribution in [0, 0.1) is 17.2 Å². The van der Waals surface area contributed by atoms with Crippen LogP contribution in [0.4, 0.5) is 0 Å². The molecule has 0 spiro atoms. The van der Waals surface area contributed by atoms with E-state index in [1.54, 1.807) is 25.9 Å². The van der Waals surface area contributed by atoms with Crippen LogP contribution in [-0.2, 0) is 20.0 Å². The van der Waals surface area contributed by atoms with Crippen molar-refractivity contribution in [2.75, 3.05) is 46.8 Å². The summed E-state index contributed by atoms with van der Waals surface area (Å²) in [5.74, 6) is -6.78. The summed E-state index contributed by atoms with van der Waals surface area (Å²) in [5, 5.41) is 65.0. The van der Waals surface area contributed by atoms with Gasteiger partial charge in [0.05, 0.1) is 23.0 Å². The molecular weight excluding hydrogens is 584 g/mol. The number of piperazine rings is 1. The molecule has 0 radical (unpaired) electrons. The van der Waals surface area contributed by atoms with Crippen molar-refractivity contribution >= 4 is 34.9 Å². The summed E-state index contributed by atoms with van der Waals surface area (Å²) in [6.07, 6.45) is -0.388. The van der Waals surface area contributed by atoms with E-state index in [1.165, 1.54) is 30.0 Å². The van der Waals surface area contributed by atoms with Gasteiger partial charge in [0.15, 0.2) is 17.2 Å². The molecule has 1 aliphatic heterocycles. The van der Waals surface area contributed by atoms with Gasteiger partial charge in [-0.2, -0.15) is 0 Å². The van der Waals surface area contributed by atoms with Crippen LogP contribution >= 0.6 is 0 Å². The summed E-state index contributed by atoms with van der Waals surface area (Å²) >= 11 is 0. The van der Waals surface area contributed by atoms with Crippen LogP contribution in [0.2, 0.25) is 0 Å². The van der Waals surface area contributed by atoms with Gasteiger partial charge in [-0.3, -0.25) is 29.6 Å². The molecule has 14 heteroatoms. The molecule has 242 valence electrons. The van der Waals surface area contributed by atoms with Crippen LogP contribution in [-0.4, -0.2) is 128 Å². The lowest BCUT2D eigenvalue weighted by Crippen LogP contribution is -2.66. The number of ketones is 3. The van der Waals surface area contributed by atoms with E-state index in [2.05, 4.69) is 4.99 Å². The Bertz CT molecular complexity index is 1570. The number of hydrogen-bond donors (Lipinski definition) is 7. The maximum atomic E-state index is 14.2. The Morgan fingerprint density at radius 3 is 2.38 bits per heavy atom. The van der Waals surface area contributed by atoms with Crippen molar-refractivity contribution in [3.05, 3.63) is 46.2 Å². The van der Waals surface area contributed by atoms with Gasteiger partial charge >= 0.3 is 0 Å². The van der Waals surface area contributed by atoms with E-state index in [1.807, 2.05) is 4.90 Å². The number of aliphatic hydroxyl groups excluding tert-OH is 2. The highest BCUT2D eigenvalue weighted by Crippen LogP contribution is 2.57. The summed E-state index contributed by atoms with van der Waals surface area (Å²) < 4.78 is 0. The molecule has 5 unspecified atom stereocenters. The fourth-order valence-corrected chi connectivity index (χ4v) is 7.34. The lowest BCUT2D eigenvalue weighted by Gasteiger charge is -2.53. The van der Waals surface area contributed by atoms with E-state index < -0.39 is 74.8 Å². The van der Waals surface area contributed by atoms with Crippen molar-refractivity contribution in [2.24, 2.45) is 22.6 Å². The zero-order valence-electron chi connectivity index (χ0n) is 25.7. The molecule has 1 heterocycles. The fourth-order valence-electron chi connectivity index (χ4n) is 7.34. The van der Waals surface area contributed by atoms with Crippen LogP contribution in [0.15, 0.2) is 40.1 Å². The van der Waals surface area contributed by atoms with Crippen LogP contribution in [0.3, 0.4) is 0 Å². The number of phenols is 1. The van der Waals surface area contributed by atoms with E-state index in [0.29, 0.717) is 26.2 Å². The van der Waals surface area contributed by atoms with Gasteiger partial charge in [-0.25, -0.2) is 4.99 Å². The Morgan fingerprint density at radius 1 is 1.13 bits per heavy atom. The van der Waals surface area contributed by atoms with Crippen molar-refractivity contribution in [3.63, 3.8) is 0 Å². The number of Topliss-reactive ketones (excluding diaryl/α,β-unsaturated/α-hetero) is 3. The second-order valence-corrected chi connectivity index (χ2v) is 12.7. The monoisotopic (exact) mass is 624 g/mol. The second kappa shape index (κ2) is 11.4. The number of benzene rings is 1. The summed E-state index contributed by atoms with van der Waals surface area (Å²) in [7, 11) is 3.11. The number of phenolic OH excluding ortho intramolecular Hbond substituents is 1. The van der Waals surface area contributed by atoms with E-state index in [-0.39, 0.29) is 42.3 Å². The zero-order chi connectivity index (χ0) is 33.2. The standard InChI is InChI=1S/C31H40N6O8/c1-15(32)34-29(33)37-12-10-36(11-13-37)9-8-20(39)23-26(41)24(35(3)4)18-14-17-22(27(42)31(18,45)28(23)43)25(40)21-16(30(17,2)44)6-5-7-19(21)38/h5-7,17-18,24,38,40,43-45H,8-14H2,1-4H3,(H3,32,33,34). The van der Waals surface area contributed by atoms with Crippen LogP contribution in [0.25, 0.3) is 5.76 Å². The number of nitrogens with one attached hydrogen (secondary N) is 1. The highest BCUT2D eigenvalue weighted by atomic mass is 16.3. The molecule has 45 heavy (non-hydrogen) atoms. The molecule has 4 aliphatic rings. The molecule has 0 bridgehead atoms. The Labute approximate surface area is 260 Å². The van der Waals surface area contributed by atoms with Crippen molar-refractivity contribution < 1.29 is 39.9 Å². The highest BCUT2D eigenvalue weighted by molar-refractivity contribution is 6.25. The largest absolute Gasteiger partial charge is 0.508 e. The number of guanidine groups is 1. The molecular formula is C31H40N6O8. The first kappa shape index (κ1) is 32.3. The first-order valence-corrected chi connectivity index (χ1v) is 14.8. The summed E-state index contributed by atoms with van der Waals surface area (Å²) in [6, 6.07) is 3.07. The van der Waals surface area contributed by atoms with Crippen LogP contribution in [0.5, 0.6) is 5.75 Å². The average Bonchev–Trinajstić information content (AvgIpc) is 2.96. The number of fused-ring (bicyclic) bond motifs is 3. The number of carbonyl (C=O) groups is 3. The van der Waals surface area contributed by atoms with Gasteiger partial charge in [0.2, 0.25) is 11.7 Å². The number of amidine groups is 1. The summed E-state index contributed by atoms with van der Waals surface area (Å²) in [4.78, 5) is 50.8. The predicted molar refractivity (Wildman–Crippen MR) is 164 cm³/mol. The molecule has 1 aromatic rings. The fraction of sp³-hybridized carbons (Fsp3) is 0.516. The predicted octanol–water partition coefficient (Wildman–Crippen LogP) is 0.0324. The Kier molecular flexibility index (Phi) is 8.15. The second-order valence-electron chi connectivity index (χ2n) is 12.7. The van der Waals surface area contributed by atoms with Gasteiger partial charge in [-0.15, -0.1) is 0 Å². The third-order valence-electron chi connectivity index (χ3n) is 9.66. The summed E-state index contributed by atoms with van der Waals surface area (Å²) in [6.45, 7) is 5.18. The molecule has 14 nitrogen and oxygen atoms in total. The van der Waals surface area contributed by atoms with Crippen molar-refractivity contribution in [1.82, 2.24) is 14.7 Å². The van der Waals surface area contributed by atoms with Gasteiger partial charge in [0.25, 0.3) is 0 Å². The zero-order valence-corrected chi connectivity index (χ0v) is 25.7. The molecule has 1 aromatic carbocycles. The Morgan fingerprint density at radius 2 is 1.78 bits per heavy atom. The number of nitrogens with zero attached hydrogens (tertiary/aromatic N) is 4. The molecule has 1 saturated heterocycles. The third kappa shape index (κ3) is 5.01. The number of nitrogens with two attached hydrogens (primary N) is 1. The van der Waals surface area contributed by atoms with Crippen molar-refractivity contribution in [2.45, 2.75) is 43.9 Å². The smallest absolute Gasteiger partial charge is 0.219 e. The van der Waals surface area contributed by atoms with E-state index in [0.717, 1.165) is 0 Å². The van der Waals surface area contributed by atoms with E-state index in [9.17, 15) is 39.9 Å². The van der Waals surface area contributed by atoms with Crippen LogP contribution < -0.4 is 5.73 Å². The number of carbonyl (C=O) groups excluding carboxylic acids is 3. The van der Waals surface area contributed by atoms with Gasteiger partial charge < -0.3 is 36.2 Å². The minimum Gasteiger partial charge on any atom is -0.508 e. The first-order chi connectivity index (χ1) is 21.0. The summed E-state index contributed by atoms with van der Waals surface area (Å²) in [5.41, 5.74) is -0.0287. The number of aliphatic hydroxyl groups is 4. The molecule has 8 N–H and O–H groups in total. The maximum absolute atomic E-state index is 14.2. The highest BCUT2D eigenvalue weighted by Gasteiger charge is 2.66. The van der Waals surface area contributed by atoms with E-state index in [4.69, 9.17) is 11.1 Å². The normalized spacial score (nSPS) is 30.8. The van der Waals surface area contributed by atoms with Gasteiger partial charge in [0, 0.05) is 56.6 Å². The maximum Gasteiger partial charge on any atom is 0.219 e. The van der Waals surface area contributed by atoms with Gasteiger partial charge in [-0.05, 0) is 46.0 Å². The molecule has 5 rings (SSSR count). The van der Waals surface area contributed by atoms with Crippen LogP contribution in [0.1, 0.15) is 37.8 Å². The lowest BCUT2D eigenvalue weighted by atomic mass is 9.54. The SMILES string of the molecule is CC(N)=NC(=N)N1CCN(CCC(=O)C2=C(O)C3(O)C(=O)C4=C(O)c5c(O)cccc5C(C)(O)C4CC3C(N(C)C)C2=O)CC1. The number of likely N-dealkylation sites (N-methyl/N-ethyl adjacent to an activating group) is 1. The number of aromatic hydroxyl groups is 1. The average molecular weight is 625 g/mol. The Hall–Kier alpha value is -4.11. The Balaban J connectivity index is 1.47. The molecule has 0 amide bonds. The lowest BCUT2D eigenvalue weighted by molar-refractivity contribution is -0.159. The minimum absolute atomic E-state index is 0.0462. The minimum atomic E-state index is -2.75. The van der Waals surface area contributed by atoms with Crippen molar-refractivity contribution in [3.8, 4) is 5.75 Å². The first-order valence-electron chi connectivity index (χ1n) is 14.8. The molecule has 5 atom stereocenters. The number of rotatable bonds is 5. The number of aliphatic imine (C=N–C) groups is 1. The topological polar surface area (TPSA) is 224 Å². The molecule has 3 aliphatic carbocycles. The van der Waals surface area contributed by atoms with Gasteiger partial charge in [-0.1, -0.05) is 12.1 Å².